The minimum absolute atomic E-state index is 0.0359. The normalized spacial score (nSPS) is 12.5. The first-order chi connectivity index (χ1) is 9.91. The number of halogens is 1. The Morgan fingerprint density at radius 1 is 0.955 bits per heavy atom. The summed E-state index contributed by atoms with van der Waals surface area (Å²) in [4.78, 5) is 8.83. The number of fused-ring (bicyclic) bond motifs is 1. The zero-order valence-corrected chi connectivity index (χ0v) is 13.5. The van der Waals surface area contributed by atoms with Gasteiger partial charge in [-0.2, -0.15) is 16.8 Å². The van der Waals surface area contributed by atoms with Crippen molar-refractivity contribution >= 4 is 52.6 Å². The van der Waals surface area contributed by atoms with Crippen molar-refractivity contribution in [3.8, 4) is 0 Å². The van der Waals surface area contributed by atoms with E-state index in [2.05, 4.69) is 15.9 Å². The fraction of sp³-hybridized carbons (Fsp3) is 0. The molecular formula is C10H6BrNO8S2. The van der Waals surface area contributed by atoms with Crippen LogP contribution in [0, 0.1) is 10.1 Å². The van der Waals surface area contributed by atoms with Crippen molar-refractivity contribution in [1.82, 2.24) is 0 Å². The van der Waals surface area contributed by atoms with Gasteiger partial charge in [0.05, 0.1) is 15.2 Å². The average Bonchev–Trinajstić information content (AvgIpc) is 2.34. The molecule has 0 aromatic heterocycles. The lowest BCUT2D eigenvalue weighted by molar-refractivity contribution is -0.383. The predicted molar refractivity (Wildman–Crippen MR) is 77.9 cm³/mol. The molecule has 0 spiro atoms. The Labute approximate surface area is 132 Å². The van der Waals surface area contributed by atoms with Gasteiger partial charge in [-0.25, -0.2) is 0 Å². The number of hydrogen-bond acceptors (Lipinski definition) is 6. The molecule has 0 aliphatic rings. The van der Waals surface area contributed by atoms with Crippen molar-refractivity contribution in [2.24, 2.45) is 0 Å². The third-order valence-corrected chi connectivity index (χ3v) is 5.01. The SMILES string of the molecule is O=[N+]([O-])c1cc(S(=O)(=O)O)cc2cc(S(=O)(=O)O)cc(Br)c12. The topological polar surface area (TPSA) is 152 Å². The molecule has 0 heterocycles. The van der Waals surface area contributed by atoms with E-state index in [1.54, 1.807) is 0 Å². The Hall–Kier alpha value is -1.60. The second-order valence-corrected chi connectivity index (χ2v) is 7.85. The first-order valence-electron chi connectivity index (χ1n) is 5.28. The van der Waals surface area contributed by atoms with Crippen LogP contribution in [0.25, 0.3) is 10.8 Å². The van der Waals surface area contributed by atoms with Crippen molar-refractivity contribution in [3.63, 3.8) is 0 Å². The van der Waals surface area contributed by atoms with Crippen LogP contribution in [0.5, 0.6) is 0 Å². The van der Waals surface area contributed by atoms with E-state index in [0.29, 0.717) is 6.07 Å². The number of nitrogens with zero attached hydrogens (tertiary/aromatic N) is 1. The molecular weight excluding hydrogens is 406 g/mol. The number of rotatable bonds is 3. The summed E-state index contributed by atoms with van der Waals surface area (Å²) in [5.41, 5.74) is -0.654. The maximum atomic E-state index is 11.2. The van der Waals surface area contributed by atoms with E-state index >= 15 is 0 Å². The summed E-state index contributed by atoms with van der Waals surface area (Å²) in [5.74, 6) is 0. The Balaban J connectivity index is 3.04. The smallest absolute Gasteiger partial charge is 0.282 e. The molecule has 2 aromatic rings. The molecule has 0 fully saturated rings. The third kappa shape index (κ3) is 3.10. The number of non-ortho nitro benzene ring substituents is 1. The molecule has 9 nitrogen and oxygen atoms in total. The van der Waals surface area contributed by atoms with Gasteiger partial charge in [-0.1, -0.05) is 0 Å². The highest BCUT2D eigenvalue weighted by Crippen LogP contribution is 2.36. The van der Waals surface area contributed by atoms with E-state index in [-0.39, 0.29) is 15.2 Å². The van der Waals surface area contributed by atoms with E-state index < -0.39 is 40.6 Å². The molecule has 0 radical (unpaired) electrons. The van der Waals surface area contributed by atoms with Crippen LogP contribution < -0.4 is 0 Å². The summed E-state index contributed by atoms with van der Waals surface area (Å²) in [6, 6.07) is 3.31. The van der Waals surface area contributed by atoms with Crippen LogP contribution in [0.15, 0.2) is 38.5 Å². The van der Waals surface area contributed by atoms with Gasteiger partial charge in [0.2, 0.25) is 0 Å². The van der Waals surface area contributed by atoms with Crippen molar-refractivity contribution in [1.29, 1.82) is 0 Å². The van der Waals surface area contributed by atoms with Crippen molar-refractivity contribution in [2.75, 3.05) is 0 Å². The zero-order chi connectivity index (χ0) is 16.9. The van der Waals surface area contributed by atoms with Crippen LogP contribution in [0.4, 0.5) is 5.69 Å². The van der Waals surface area contributed by atoms with Crippen LogP contribution in [0.2, 0.25) is 0 Å². The van der Waals surface area contributed by atoms with Crippen molar-refractivity contribution < 1.29 is 30.9 Å². The molecule has 2 rings (SSSR count). The fourth-order valence-corrected chi connectivity index (χ4v) is 3.74. The molecule has 12 heteroatoms. The van der Waals surface area contributed by atoms with Crippen molar-refractivity contribution in [3.05, 3.63) is 38.9 Å². The molecule has 22 heavy (non-hydrogen) atoms. The molecule has 0 atom stereocenters. The highest BCUT2D eigenvalue weighted by atomic mass is 79.9. The van der Waals surface area contributed by atoms with Crippen LogP contribution in [-0.2, 0) is 20.2 Å². The molecule has 0 saturated carbocycles. The van der Waals surface area contributed by atoms with Gasteiger partial charge in [-0.3, -0.25) is 19.2 Å². The molecule has 2 N–H and O–H groups in total. The fourth-order valence-electron chi connectivity index (χ4n) is 1.83. The number of nitro groups is 1. The largest absolute Gasteiger partial charge is 0.294 e. The highest BCUT2D eigenvalue weighted by Gasteiger charge is 2.23. The van der Waals surface area contributed by atoms with Gasteiger partial charge >= 0.3 is 0 Å². The van der Waals surface area contributed by atoms with Gasteiger partial charge in [0.15, 0.2) is 0 Å². The van der Waals surface area contributed by atoms with Gasteiger partial charge in [-0.05, 0) is 39.5 Å². The van der Waals surface area contributed by atoms with Crippen LogP contribution in [-0.4, -0.2) is 30.9 Å². The van der Waals surface area contributed by atoms with Gasteiger partial charge in [0, 0.05) is 10.5 Å². The Kier molecular flexibility index (Phi) is 3.99. The van der Waals surface area contributed by atoms with E-state index in [1.165, 1.54) is 0 Å². The predicted octanol–water partition coefficient (Wildman–Crippen LogP) is 2.00. The van der Waals surface area contributed by atoms with Gasteiger partial charge in [0.1, 0.15) is 4.90 Å². The molecule has 2 aromatic carbocycles. The monoisotopic (exact) mass is 411 g/mol. The van der Waals surface area contributed by atoms with E-state index in [4.69, 9.17) is 9.11 Å². The summed E-state index contributed by atoms with van der Waals surface area (Å²) in [6.45, 7) is 0. The third-order valence-electron chi connectivity index (χ3n) is 2.72. The molecule has 0 amide bonds. The summed E-state index contributed by atoms with van der Waals surface area (Å²) >= 11 is 2.94. The van der Waals surface area contributed by atoms with Gasteiger partial charge in [0.25, 0.3) is 25.9 Å². The summed E-state index contributed by atoms with van der Waals surface area (Å²) in [7, 11) is -9.35. The Morgan fingerprint density at radius 2 is 1.41 bits per heavy atom. The minimum atomic E-state index is -4.74. The Morgan fingerprint density at radius 3 is 1.82 bits per heavy atom. The first-order valence-corrected chi connectivity index (χ1v) is 8.95. The summed E-state index contributed by atoms with van der Waals surface area (Å²) in [6.07, 6.45) is 0. The van der Waals surface area contributed by atoms with E-state index in [1.807, 2.05) is 0 Å². The number of hydrogen-bond donors (Lipinski definition) is 2. The summed E-state index contributed by atoms with van der Waals surface area (Å²) < 4.78 is 62.7. The highest BCUT2D eigenvalue weighted by molar-refractivity contribution is 9.10. The standard InChI is InChI=1S/C10H6BrNO8S2/c11-8-3-6(21(15,16)17)1-5-2-7(22(18,19)20)4-9(10(5)8)12(13)14/h1-4H,(H,15,16,17)(H,18,19,20). The molecule has 0 bridgehead atoms. The lowest BCUT2D eigenvalue weighted by atomic mass is 10.1. The average molecular weight is 412 g/mol. The lowest BCUT2D eigenvalue weighted by Gasteiger charge is -2.07. The minimum Gasteiger partial charge on any atom is -0.282 e. The van der Waals surface area contributed by atoms with E-state index in [0.717, 1.165) is 18.2 Å². The lowest BCUT2D eigenvalue weighted by Crippen LogP contribution is -2.02. The quantitative estimate of drug-likeness (QED) is 0.441. The summed E-state index contributed by atoms with van der Waals surface area (Å²) in [5, 5.41) is 10.8. The molecule has 118 valence electrons. The number of benzene rings is 2. The van der Waals surface area contributed by atoms with Gasteiger partial charge in [-0.15, -0.1) is 0 Å². The first kappa shape index (κ1) is 16.8. The van der Waals surface area contributed by atoms with Crippen LogP contribution in [0.3, 0.4) is 0 Å². The van der Waals surface area contributed by atoms with Crippen LogP contribution >= 0.6 is 15.9 Å². The second-order valence-electron chi connectivity index (χ2n) is 4.15. The molecule has 0 aliphatic carbocycles. The molecule has 0 saturated heterocycles. The zero-order valence-electron chi connectivity index (χ0n) is 10.3. The molecule has 0 aliphatic heterocycles. The molecule has 0 unspecified atom stereocenters. The van der Waals surface area contributed by atoms with Crippen molar-refractivity contribution in [2.45, 2.75) is 9.79 Å². The maximum absolute atomic E-state index is 11.2. The Bertz CT molecular complexity index is 1010. The number of nitro benzene ring substituents is 1. The second kappa shape index (κ2) is 5.24. The maximum Gasteiger partial charge on any atom is 0.294 e. The van der Waals surface area contributed by atoms with Crippen LogP contribution in [0.1, 0.15) is 0 Å². The van der Waals surface area contributed by atoms with E-state index in [9.17, 15) is 26.9 Å². The van der Waals surface area contributed by atoms with Gasteiger partial charge < -0.3 is 0 Å².